The van der Waals surface area contributed by atoms with E-state index >= 15 is 0 Å². The maximum absolute atomic E-state index is 12.3. The molecule has 3 aromatic rings. The van der Waals surface area contributed by atoms with E-state index in [-0.39, 0.29) is 18.4 Å². The standard InChI is InChI=1S/C17H16Br2N4O2/c1-10-16(19)12-5-3-4-6-13(12)23(10)9-15(24)20-21-17(25)14-7-11(18)8-22(14)2/h3-8H,9H2,1-2H3,(H,20,24)(H,21,25). The second kappa shape index (κ2) is 7.05. The first-order valence-corrected chi connectivity index (χ1v) is 9.11. The van der Waals surface area contributed by atoms with Crippen molar-refractivity contribution < 1.29 is 9.59 Å². The zero-order chi connectivity index (χ0) is 18.1. The van der Waals surface area contributed by atoms with Gasteiger partial charge in [-0.05, 0) is 50.9 Å². The number of aromatic nitrogens is 2. The number of hydrazine groups is 1. The van der Waals surface area contributed by atoms with Gasteiger partial charge in [0.15, 0.2) is 0 Å². The van der Waals surface area contributed by atoms with Gasteiger partial charge < -0.3 is 9.13 Å². The van der Waals surface area contributed by atoms with Gasteiger partial charge >= 0.3 is 0 Å². The van der Waals surface area contributed by atoms with Crippen LogP contribution < -0.4 is 10.9 Å². The summed E-state index contributed by atoms with van der Waals surface area (Å²) in [4.78, 5) is 24.4. The van der Waals surface area contributed by atoms with Crippen LogP contribution in [0.4, 0.5) is 0 Å². The molecule has 2 heterocycles. The number of carbonyl (C=O) groups excluding carboxylic acids is 2. The van der Waals surface area contributed by atoms with Gasteiger partial charge in [-0.2, -0.15) is 0 Å². The summed E-state index contributed by atoms with van der Waals surface area (Å²) < 4.78 is 5.34. The number of aryl methyl sites for hydroxylation is 1. The number of carbonyl (C=O) groups is 2. The maximum Gasteiger partial charge on any atom is 0.286 e. The highest BCUT2D eigenvalue weighted by molar-refractivity contribution is 9.11. The highest BCUT2D eigenvalue weighted by atomic mass is 79.9. The summed E-state index contributed by atoms with van der Waals surface area (Å²) >= 11 is 6.88. The number of rotatable bonds is 3. The number of hydrogen-bond donors (Lipinski definition) is 2. The largest absolute Gasteiger partial charge is 0.345 e. The third-order valence-electron chi connectivity index (χ3n) is 3.98. The van der Waals surface area contributed by atoms with Crippen LogP contribution >= 0.6 is 31.9 Å². The van der Waals surface area contributed by atoms with E-state index in [2.05, 4.69) is 42.7 Å². The number of hydrogen-bond acceptors (Lipinski definition) is 2. The Hall–Kier alpha value is -2.06. The van der Waals surface area contributed by atoms with Crippen molar-refractivity contribution in [3.63, 3.8) is 0 Å². The number of para-hydroxylation sites is 1. The van der Waals surface area contributed by atoms with Crippen LogP contribution in [-0.4, -0.2) is 20.9 Å². The Bertz CT molecular complexity index is 975. The molecule has 0 saturated heterocycles. The lowest BCUT2D eigenvalue weighted by Gasteiger charge is -2.10. The summed E-state index contributed by atoms with van der Waals surface area (Å²) in [5, 5.41) is 1.05. The van der Waals surface area contributed by atoms with Gasteiger partial charge in [0.25, 0.3) is 11.8 Å². The minimum Gasteiger partial charge on any atom is -0.345 e. The molecule has 0 radical (unpaired) electrons. The van der Waals surface area contributed by atoms with Crippen LogP contribution in [-0.2, 0) is 18.4 Å². The topological polar surface area (TPSA) is 68.1 Å². The summed E-state index contributed by atoms with van der Waals surface area (Å²) in [5.41, 5.74) is 7.26. The van der Waals surface area contributed by atoms with Gasteiger partial charge in [0.2, 0.25) is 0 Å². The Morgan fingerprint density at radius 3 is 2.56 bits per heavy atom. The fourth-order valence-corrected chi connectivity index (χ4v) is 3.79. The van der Waals surface area contributed by atoms with E-state index in [1.807, 2.05) is 35.8 Å². The van der Waals surface area contributed by atoms with Crippen molar-refractivity contribution >= 4 is 54.6 Å². The molecule has 2 aromatic heterocycles. The molecule has 25 heavy (non-hydrogen) atoms. The Kier molecular flexibility index (Phi) is 5.01. The molecule has 0 aliphatic rings. The van der Waals surface area contributed by atoms with E-state index in [0.29, 0.717) is 5.69 Å². The Morgan fingerprint density at radius 1 is 1.16 bits per heavy atom. The molecule has 0 atom stereocenters. The molecule has 2 amide bonds. The molecular formula is C17H16Br2N4O2. The zero-order valence-corrected chi connectivity index (χ0v) is 16.8. The Morgan fingerprint density at radius 2 is 1.88 bits per heavy atom. The maximum atomic E-state index is 12.3. The molecular weight excluding hydrogens is 452 g/mol. The van der Waals surface area contributed by atoms with Crippen LogP contribution in [0.3, 0.4) is 0 Å². The summed E-state index contributed by atoms with van der Waals surface area (Å²) in [6.45, 7) is 2.05. The zero-order valence-electron chi connectivity index (χ0n) is 13.6. The minimum atomic E-state index is -0.378. The number of benzene rings is 1. The van der Waals surface area contributed by atoms with Crippen LogP contribution in [0.2, 0.25) is 0 Å². The molecule has 6 nitrogen and oxygen atoms in total. The van der Waals surface area contributed by atoms with Crippen LogP contribution in [0.5, 0.6) is 0 Å². The molecule has 0 unspecified atom stereocenters. The minimum absolute atomic E-state index is 0.106. The van der Waals surface area contributed by atoms with Gasteiger partial charge in [0.1, 0.15) is 12.2 Å². The lowest BCUT2D eigenvalue weighted by Crippen LogP contribution is -2.43. The lowest BCUT2D eigenvalue weighted by atomic mass is 10.2. The van der Waals surface area contributed by atoms with Crippen molar-refractivity contribution in [1.82, 2.24) is 20.0 Å². The van der Waals surface area contributed by atoms with Gasteiger partial charge in [0, 0.05) is 38.8 Å². The molecule has 0 spiro atoms. The Balaban J connectivity index is 1.70. The van der Waals surface area contributed by atoms with Crippen LogP contribution in [0.15, 0.2) is 45.5 Å². The second-order valence-electron chi connectivity index (χ2n) is 5.66. The molecule has 2 N–H and O–H groups in total. The molecule has 1 aromatic carbocycles. The van der Waals surface area contributed by atoms with Crippen molar-refractivity contribution in [2.75, 3.05) is 0 Å². The summed E-state index contributed by atoms with van der Waals surface area (Å²) in [6.07, 6.45) is 1.77. The van der Waals surface area contributed by atoms with E-state index in [1.54, 1.807) is 23.9 Å². The average molecular weight is 468 g/mol. The van der Waals surface area contributed by atoms with Crippen molar-refractivity contribution in [2.45, 2.75) is 13.5 Å². The first-order valence-electron chi connectivity index (χ1n) is 7.53. The molecule has 8 heteroatoms. The van der Waals surface area contributed by atoms with E-state index in [1.165, 1.54) is 0 Å². The highest BCUT2D eigenvalue weighted by Gasteiger charge is 2.15. The number of nitrogens with one attached hydrogen (secondary N) is 2. The molecule has 0 saturated carbocycles. The molecule has 0 aliphatic carbocycles. The van der Waals surface area contributed by atoms with Gasteiger partial charge in [-0.1, -0.05) is 18.2 Å². The summed E-state index contributed by atoms with van der Waals surface area (Å²) in [6, 6.07) is 9.52. The van der Waals surface area contributed by atoms with Crippen LogP contribution in [0.25, 0.3) is 10.9 Å². The fraction of sp³-hybridized carbons (Fsp3) is 0.176. The first-order chi connectivity index (χ1) is 11.9. The molecule has 0 bridgehead atoms. The third kappa shape index (κ3) is 3.50. The van der Waals surface area contributed by atoms with Gasteiger partial charge in [-0.3, -0.25) is 20.4 Å². The van der Waals surface area contributed by atoms with Gasteiger partial charge in [-0.15, -0.1) is 0 Å². The highest BCUT2D eigenvalue weighted by Crippen LogP contribution is 2.30. The molecule has 0 aliphatic heterocycles. The van der Waals surface area contributed by atoms with Crippen molar-refractivity contribution in [3.05, 3.63) is 56.9 Å². The predicted molar refractivity (Wildman–Crippen MR) is 103 cm³/mol. The summed E-state index contributed by atoms with van der Waals surface area (Å²) in [7, 11) is 1.76. The predicted octanol–water partition coefficient (Wildman–Crippen LogP) is 3.27. The lowest BCUT2D eigenvalue weighted by molar-refractivity contribution is -0.122. The number of fused-ring (bicyclic) bond motifs is 1. The monoisotopic (exact) mass is 466 g/mol. The van der Waals surface area contributed by atoms with Crippen LogP contribution in [0, 0.1) is 6.92 Å². The van der Waals surface area contributed by atoms with Gasteiger partial charge in [0.05, 0.1) is 0 Å². The van der Waals surface area contributed by atoms with Gasteiger partial charge in [-0.25, -0.2) is 0 Å². The molecule has 130 valence electrons. The molecule has 0 fully saturated rings. The van der Waals surface area contributed by atoms with Crippen molar-refractivity contribution in [1.29, 1.82) is 0 Å². The number of nitrogens with zero attached hydrogens (tertiary/aromatic N) is 2. The number of amides is 2. The second-order valence-corrected chi connectivity index (χ2v) is 7.37. The molecule has 3 rings (SSSR count). The third-order valence-corrected chi connectivity index (χ3v) is 5.41. The van der Waals surface area contributed by atoms with E-state index in [0.717, 1.165) is 25.5 Å². The fourth-order valence-electron chi connectivity index (χ4n) is 2.72. The van der Waals surface area contributed by atoms with E-state index in [4.69, 9.17) is 0 Å². The van der Waals surface area contributed by atoms with Crippen molar-refractivity contribution in [3.8, 4) is 0 Å². The normalized spacial score (nSPS) is 10.9. The summed E-state index contributed by atoms with van der Waals surface area (Å²) in [5.74, 6) is -0.685. The average Bonchev–Trinajstić information content (AvgIpc) is 3.05. The number of halogens is 2. The quantitative estimate of drug-likeness (QED) is 0.580. The smallest absolute Gasteiger partial charge is 0.286 e. The van der Waals surface area contributed by atoms with Crippen LogP contribution in [0.1, 0.15) is 16.2 Å². The van der Waals surface area contributed by atoms with E-state index < -0.39 is 0 Å². The van der Waals surface area contributed by atoms with Crippen molar-refractivity contribution in [2.24, 2.45) is 7.05 Å². The van der Waals surface area contributed by atoms with E-state index in [9.17, 15) is 9.59 Å². The SMILES string of the molecule is Cc1c(Br)c2ccccc2n1CC(=O)NNC(=O)c1cc(Br)cn1C. The Labute approximate surface area is 161 Å². The first kappa shape index (κ1) is 17.8.